The zero-order chi connectivity index (χ0) is 13.9. The van der Waals surface area contributed by atoms with E-state index in [0.717, 1.165) is 32.1 Å². The molecule has 0 atom stereocenters. The van der Waals surface area contributed by atoms with Crippen LogP contribution in [0.3, 0.4) is 0 Å². The van der Waals surface area contributed by atoms with E-state index in [2.05, 4.69) is 15.3 Å². The van der Waals surface area contributed by atoms with Gasteiger partial charge >= 0.3 is 5.69 Å². The van der Waals surface area contributed by atoms with Gasteiger partial charge in [0.25, 0.3) is 0 Å². The van der Waals surface area contributed by atoms with E-state index in [1.807, 2.05) is 0 Å². The Hall–Kier alpha value is -1.47. The molecule has 0 aromatic carbocycles. The van der Waals surface area contributed by atoms with Crippen molar-refractivity contribution in [3.63, 3.8) is 0 Å². The molecular weight excluding hydrogens is 272 g/mol. The topological polar surface area (TPSA) is 101 Å². The Labute approximate surface area is 115 Å². The highest BCUT2D eigenvalue weighted by molar-refractivity contribution is 6.31. The van der Waals surface area contributed by atoms with Gasteiger partial charge in [-0.2, -0.15) is 0 Å². The molecule has 0 aliphatic heterocycles. The first-order chi connectivity index (χ1) is 9.08. The van der Waals surface area contributed by atoms with Crippen molar-refractivity contribution in [2.45, 2.75) is 37.6 Å². The number of hydrogen-bond donors (Lipinski definition) is 2. The van der Waals surface area contributed by atoms with E-state index < -0.39 is 10.5 Å². The second-order valence-electron chi connectivity index (χ2n) is 4.74. The lowest BCUT2D eigenvalue weighted by Crippen LogP contribution is -2.44. The standard InChI is InChI=1S/C11H15ClN4O3/c12-9-8(16(18)19)10(14-7-13-9)15-11(6-17)4-2-1-3-5-11/h7,17H,1-6H2,(H,13,14,15). The van der Waals surface area contributed by atoms with E-state index in [1.165, 1.54) is 6.33 Å². The second-order valence-corrected chi connectivity index (χ2v) is 5.10. The monoisotopic (exact) mass is 286 g/mol. The number of nitrogens with one attached hydrogen (secondary N) is 1. The first-order valence-corrected chi connectivity index (χ1v) is 6.50. The minimum atomic E-state index is -0.613. The zero-order valence-electron chi connectivity index (χ0n) is 10.3. The van der Waals surface area contributed by atoms with Crippen LogP contribution in [0.25, 0.3) is 0 Å². The maximum Gasteiger partial charge on any atom is 0.348 e. The van der Waals surface area contributed by atoms with Crippen LogP contribution in [0.5, 0.6) is 0 Å². The fraction of sp³-hybridized carbons (Fsp3) is 0.636. The molecule has 19 heavy (non-hydrogen) atoms. The van der Waals surface area contributed by atoms with Crippen molar-refractivity contribution < 1.29 is 10.0 Å². The van der Waals surface area contributed by atoms with Crippen LogP contribution in [0.2, 0.25) is 5.15 Å². The second kappa shape index (κ2) is 5.66. The highest BCUT2D eigenvalue weighted by Crippen LogP contribution is 2.35. The number of aliphatic hydroxyl groups is 1. The summed E-state index contributed by atoms with van der Waals surface area (Å²) in [6.45, 7) is -0.0915. The summed E-state index contributed by atoms with van der Waals surface area (Å²) in [7, 11) is 0. The lowest BCUT2D eigenvalue weighted by atomic mass is 9.82. The molecule has 0 spiro atoms. The molecule has 0 saturated heterocycles. The van der Waals surface area contributed by atoms with E-state index in [1.54, 1.807) is 0 Å². The SMILES string of the molecule is O=[N+]([O-])c1c(Cl)ncnc1NC1(CO)CCCCC1. The van der Waals surface area contributed by atoms with Crippen LogP contribution < -0.4 is 5.32 Å². The van der Waals surface area contributed by atoms with Crippen molar-refractivity contribution in [3.8, 4) is 0 Å². The van der Waals surface area contributed by atoms with Crippen LogP contribution in [-0.2, 0) is 0 Å². The fourth-order valence-corrected chi connectivity index (χ4v) is 2.62. The number of nitro groups is 1. The zero-order valence-corrected chi connectivity index (χ0v) is 11.1. The molecule has 2 N–H and O–H groups in total. The van der Waals surface area contributed by atoms with Gasteiger partial charge in [0, 0.05) is 0 Å². The molecule has 0 amide bonds. The van der Waals surface area contributed by atoms with Crippen molar-refractivity contribution in [1.82, 2.24) is 9.97 Å². The number of aliphatic hydroxyl groups excluding tert-OH is 1. The number of halogens is 1. The normalized spacial score (nSPS) is 18.0. The van der Waals surface area contributed by atoms with Crippen molar-refractivity contribution >= 4 is 23.1 Å². The quantitative estimate of drug-likeness (QED) is 0.499. The summed E-state index contributed by atoms with van der Waals surface area (Å²) < 4.78 is 0. The molecule has 7 nitrogen and oxygen atoms in total. The largest absolute Gasteiger partial charge is 0.394 e. The molecule has 1 aliphatic rings. The summed E-state index contributed by atoms with van der Waals surface area (Å²) in [5, 5.41) is 23.4. The van der Waals surface area contributed by atoms with Crippen LogP contribution in [-0.4, -0.2) is 32.1 Å². The van der Waals surface area contributed by atoms with Gasteiger partial charge in [0.2, 0.25) is 11.0 Å². The summed E-state index contributed by atoms with van der Waals surface area (Å²) in [6.07, 6.45) is 5.73. The van der Waals surface area contributed by atoms with Crippen LogP contribution in [0, 0.1) is 10.1 Å². The number of aromatic nitrogens is 2. The summed E-state index contributed by atoms with van der Waals surface area (Å²) in [5.41, 5.74) is -0.900. The van der Waals surface area contributed by atoms with Crippen LogP contribution in [0.4, 0.5) is 11.5 Å². The third-order valence-electron chi connectivity index (χ3n) is 3.46. The Morgan fingerprint density at radius 3 is 2.68 bits per heavy atom. The van der Waals surface area contributed by atoms with E-state index in [4.69, 9.17) is 11.6 Å². The lowest BCUT2D eigenvalue weighted by molar-refractivity contribution is -0.384. The van der Waals surface area contributed by atoms with Gasteiger partial charge in [-0.05, 0) is 12.8 Å². The van der Waals surface area contributed by atoms with Gasteiger partial charge in [0.15, 0.2) is 0 Å². The van der Waals surface area contributed by atoms with Crippen molar-refractivity contribution in [3.05, 3.63) is 21.6 Å². The van der Waals surface area contributed by atoms with Gasteiger partial charge in [0.1, 0.15) is 6.33 Å². The molecule has 1 saturated carbocycles. The molecular formula is C11H15ClN4O3. The van der Waals surface area contributed by atoms with Crippen LogP contribution in [0.15, 0.2) is 6.33 Å². The maximum atomic E-state index is 11.0. The number of anilines is 1. The van der Waals surface area contributed by atoms with Crippen molar-refractivity contribution in [2.75, 3.05) is 11.9 Å². The van der Waals surface area contributed by atoms with E-state index >= 15 is 0 Å². The predicted molar refractivity (Wildman–Crippen MR) is 70.2 cm³/mol. The minimum Gasteiger partial charge on any atom is -0.394 e. The number of hydrogen-bond acceptors (Lipinski definition) is 6. The molecule has 8 heteroatoms. The Morgan fingerprint density at radius 1 is 1.42 bits per heavy atom. The van der Waals surface area contributed by atoms with E-state index in [0.29, 0.717) is 0 Å². The minimum absolute atomic E-state index is 0.0703. The first kappa shape index (κ1) is 14.0. The fourth-order valence-electron chi connectivity index (χ4n) is 2.41. The predicted octanol–water partition coefficient (Wildman–Crippen LogP) is 2.15. The Morgan fingerprint density at radius 2 is 2.11 bits per heavy atom. The summed E-state index contributed by atoms with van der Waals surface area (Å²) >= 11 is 5.74. The van der Waals surface area contributed by atoms with Gasteiger partial charge in [-0.25, -0.2) is 9.97 Å². The molecule has 0 radical (unpaired) electrons. The van der Waals surface area contributed by atoms with Crippen molar-refractivity contribution in [1.29, 1.82) is 0 Å². The lowest BCUT2D eigenvalue weighted by Gasteiger charge is -2.36. The molecule has 1 heterocycles. The Kier molecular flexibility index (Phi) is 4.16. The third kappa shape index (κ3) is 2.93. The average molecular weight is 287 g/mol. The van der Waals surface area contributed by atoms with Gasteiger partial charge in [0.05, 0.1) is 17.1 Å². The molecule has 1 aliphatic carbocycles. The molecule has 1 fully saturated rings. The van der Waals surface area contributed by atoms with Crippen LogP contribution in [0.1, 0.15) is 32.1 Å². The molecule has 2 rings (SSSR count). The number of nitrogens with zero attached hydrogens (tertiary/aromatic N) is 3. The summed E-state index contributed by atoms with van der Waals surface area (Å²) in [4.78, 5) is 17.9. The summed E-state index contributed by atoms with van der Waals surface area (Å²) in [5.74, 6) is 0.0703. The highest BCUT2D eigenvalue weighted by atomic mass is 35.5. The smallest absolute Gasteiger partial charge is 0.348 e. The first-order valence-electron chi connectivity index (χ1n) is 6.12. The third-order valence-corrected chi connectivity index (χ3v) is 3.73. The Bertz CT molecular complexity index is 477. The molecule has 1 aromatic heterocycles. The maximum absolute atomic E-state index is 11.0. The number of rotatable bonds is 4. The Balaban J connectivity index is 2.31. The van der Waals surface area contributed by atoms with E-state index in [-0.39, 0.29) is 23.3 Å². The highest BCUT2D eigenvalue weighted by Gasteiger charge is 2.34. The average Bonchev–Trinajstić information content (AvgIpc) is 2.39. The summed E-state index contributed by atoms with van der Waals surface area (Å²) in [6, 6.07) is 0. The molecule has 1 aromatic rings. The van der Waals surface area contributed by atoms with E-state index in [9.17, 15) is 15.2 Å². The molecule has 0 unspecified atom stereocenters. The van der Waals surface area contributed by atoms with Gasteiger partial charge in [-0.3, -0.25) is 10.1 Å². The van der Waals surface area contributed by atoms with Crippen LogP contribution >= 0.6 is 11.6 Å². The molecule has 104 valence electrons. The molecule has 0 bridgehead atoms. The van der Waals surface area contributed by atoms with Gasteiger partial charge in [-0.1, -0.05) is 30.9 Å². The van der Waals surface area contributed by atoms with Crippen molar-refractivity contribution in [2.24, 2.45) is 0 Å². The van der Waals surface area contributed by atoms with Gasteiger partial charge in [-0.15, -0.1) is 0 Å². The van der Waals surface area contributed by atoms with Gasteiger partial charge < -0.3 is 10.4 Å².